The van der Waals surface area contributed by atoms with E-state index in [1.165, 1.54) is 15.8 Å². The van der Waals surface area contributed by atoms with Gasteiger partial charge in [0.25, 0.3) is 5.91 Å². The SMILES string of the molecule is Cn1ncc(C(=O)N2CC(O)C(O)C2)c1N. The number of nitrogen functional groups attached to an aromatic ring is 1. The van der Waals surface area contributed by atoms with Crippen LogP contribution in [0, 0.1) is 0 Å². The van der Waals surface area contributed by atoms with Crippen molar-refractivity contribution in [1.29, 1.82) is 0 Å². The van der Waals surface area contributed by atoms with Crippen LogP contribution in [-0.4, -0.2) is 56.1 Å². The van der Waals surface area contributed by atoms with E-state index in [2.05, 4.69) is 5.10 Å². The first kappa shape index (κ1) is 10.9. The third kappa shape index (κ3) is 1.63. The van der Waals surface area contributed by atoms with E-state index in [4.69, 9.17) is 5.73 Å². The van der Waals surface area contributed by atoms with Crippen molar-refractivity contribution >= 4 is 11.7 Å². The first-order chi connectivity index (χ1) is 7.50. The van der Waals surface area contributed by atoms with Crippen molar-refractivity contribution in [2.45, 2.75) is 12.2 Å². The first-order valence-corrected chi connectivity index (χ1v) is 4.93. The highest BCUT2D eigenvalue weighted by atomic mass is 16.3. The number of nitrogens with zero attached hydrogens (tertiary/aromatic N) is 3. The van der Waals surface area contributed by atoms with E-state index in [-0.39, 0.29) is 24.8 Å². The Morgan fingerprint density at radius 2 is 2.06 bits per heavy atom. The number of hydrogen-bond acceptors (Lipinski definition) is 5. The van der Waals surface area contributed by atoms with Crippen molar-refractivity contribution in [1.82, 2.24) is 14.7 Å². The molecule has 16 heavy (non-hydrogen) atoms. The third-order valence-electron chi connectivity index (χ3n) is 2.76. The number of amides is 1. The number of aliphatic hydroxyl groups is 2. The van der Waals surface area contributed by atoms with Crippen molar-refractivity contribution in [3.05, 3.63) is 11.8 Å². The van der Waals surface area contributed by atoms with E-state index in [1.54, 1.807) is 7.05 Å². The number of nitrogens with two attached hydrogens (primary N) is 1. The van der Waals surface area contributed by atoms with Crippen molar-refractivity contribution in [3.63, 3.8) is 0 Å². The van der Waals surface area contributed by atoms with Gasteiger partial charge >= 0.3 is 0 Å². The Labute approximate surface area is 92.1 Å². The molecular weight excluding hydrogens is 212 g/mol. The Balaban J connectivity index is 2.18. The number of hydrogen-bond donors (Lipinski definition) is 3. The van der Waals surface area contributed by atoms with Crippen molar-refractivity contribution in [2.24, 2.45) is 7.05 Å². The lowest BCUT2D eigenvalue weighted by atomic mass is 10.3. The normalized spacial score (nSPS) is 25.1. The molecule has 2 rings (SSSR count). The summed E-state index contributed by atoms with van der Waals surface area (Å²) in [6.07, 6.45) is -0.391. The van der Waals surface area contributed by atoms with Crippen LogP contribution in [0.15, 0.2) is 6.20 Å². The van der Waals surface area contributed by atoms with Crippen LogP contribution in [0.1, 0.15) is 10.4 Å². The number of rotatable bonds is 1. The highest BCUT2D eigenvalue weighted by molar-refractivity contribution is 5.98. The molecule has 0 spiro atoms. The molecule has 7 heteroatoms. The molecule has 1 saturated heterocycles. The van der Waals surface area contributed by atoms with Gasteiger partial charge < -0.3 is 20.8 Å². The zero-order chi connectivity index (χ0) is 11.9. The van der Waals surface area contributed by atoms with Gasteiger partial charge in [0, 0.05) is 20.1 Å². The maximum Gasteiger partial charge on any atom is 0.259 e. The second-order valence-corrected chi connectivity index (χ2v) is 3.91. The van der Waals surface area contributed by atoms with Gasteiger partial charge in [0.2, 0.25) is 0 Å². The summed E-state index contributed by atoms with van der Waals surface area (Å²) in [4.78, 5) is 13.3. The van der Waals surface area contributed by atoms with Crippen LogP contribution in [0.2, 0.25) is 0 Å². The molecule has 1 amide bonds. The van der Waals surface area contributed by atoms with E-state index in [1.807, 2.05) is 0 Å². The van der Waals surface area contributed by atoms with Crippen molar-refractivity contribution in [2.75, 3.05) is 18.8 Å². The molecular formula is C9H14N4O3. The molecule has 2 heterocycles. The average molecular weight is 226 g/mol. The molecule has 0 aromatic carbocycles. The largest absolute Gasteiger partial charge is 0.388 e. The number of likely N-dealkylation sites (tertiary alicyclic amines) is 1. The fraction of sp³-hybridized carbons (Fsp3) is 0.556. The summed E-state index contributed by atoms with van der Waals surface area (Å²) in [6, 6.07) is 0. The van der Waals surface area contributed by atoms with E-state index >= 15 is 0 Å². The summed E-state index contributed by atoms with van der Waals surface area (Å²) in [6.45, 7) is 0.239. The molecule has 0 bridgehead atoms. The molecule has 2 unspecified atom stereocenters. The summed E-state index contributed by atoms with van der Waals surface area (Å²) in [5, 5.41) is 22.6. The van der Waals surface area contributed by atoms with Crippen LogP contribution in [0.3, 0.4) is 0 Å². The highest BCUT2D eigenvalue weighted by Gasteiger charge is 2.34. The fourth-order valence-electron chi connectivity index (χ4n) is 1.72. The number of carbonyl (C=O) groups excluding carboxylic acids is 1. The van der Waals surface area contributed by atoms with Crippen molar-refractivity contribution < 1.29 is 15.0 Å². The summed E-state index contributed by atoms with van der Waals surface area (Å²) in [5.41, 5.74) is 5.96. The van der Waals surface area contributed by atoms with Gasteiger partial charge in [0.05, 0.1) is 18.4 Å². The minimum absolute atomic E-state index is 0.119. The van der Waals surface area contributed by atoms with E-state index in [0.29, 0.717) is 5.56 Å². The molecule has 1 aromatic heterocycles. The fourth-order valence-corrected chi connectivity index (χ4v) is 1.72. The Morgan fingerprint density at radius 1 is 1.50 bits per heavy atom. The Morgan fingerprint density at radius 3 is 2.50 bits per heavy atom. The van der Waals surface area contributed by atoms with Gasteiger partial charge in [-0.15, -0.1) is 0 Å². The lowest BCUT2D eigenvalue weighted by molar-refractivity contribution is 0.0572. The average Bonchev–Trinajstić information content (AvgIpc) is 2.73. The highest BCUT2D eigenvalue weighted by Crippen LogP contribution is 2.17. The van der Waals surface area contributed by atoms with Gasteiger partial charge in [-0.05, 0) is 0 Å². The number of aromatic nitrogens is 2. The number of aryl methyl sites for hydroxylation is 1. The molecule has 2 atom stereocenters. The topological polar surface area (TPSA) is 105 Å². The van der Waals surface area contributed by atoms with Crippen LogP contribution in [0.4, 0.5) is 5.82 Å². The molecule has 1 fully saturated rings. The molecule has 7 nitrogen and oxygen atoms in total. The lowest BCUT2D eigenvalue weighted by Crippen LogP contribution is -2.30. The number of β-amino-alcohol motifs (C(OH)–C–C–N with tert-alkyl or cyclic N) is 2. The molecule has 1 aliphatic heterocycles. The van der Waals surface area contributed by atoms with E-state index in [0.717, 1.165) is 0 Å². The van der Waals surface area contributed by atoms with Crippen LogP contribution in [0.25, 0.3) is 0 Å². The lowest BCUT2D eigenvalue weighted by Gasteiger charge is -2.14. The molecule has 1 aliphatic rings. The quantitative estimate of drug-likeness (QED) is 0.523. The number of aliphatic hydroxyl groups excluding tert-OH is 2. The predicted octanol–water partition coefficient (Wildman–Crippen LogP) is -1.82. The smallest absolute Gasteiger partial charge is 0.259 e. The van der Waals surface area contributed by atoms with Crippen molar-refractivity contribution in [3.8, 4) is 0 Å². The minimum Gasteiger partial charge on any atom is -0.388 e. The first-order valence-electron chi connectivity index (χ1n) is 4.93. The number of anilines is 1. The van der Waals surface area contributed by atoms with Crippen LogP contribution >= 0.6 is 0 Å². The van der Waals surface area contributed by atoms with Crippen LogP contribution in [-0.2, 0) is 7.05 Å². The molecule has 88 valence electrons. The Bertz CT molecular complexity index is 407. The molecule has 0 radical (unpaired) electrons. The standard InChI is InChI=1S/C9H14N4O3/c1-12-8(10)5(2-11-12)9(16)13-3-6(14)7(15)4-13/h2,6-7,14-15H,3-4,10H2,1H3. The maximum absolute atomic E-state index is 11.9. The van der Waals surface area contributed by atoms with Crippen LogP contribution in [0.5, 0.6) is 0 Å². The summed E-state index contributed by atoms with van der Waals surface area (Å²) < 4.78 is 1.40. The monoisotopic (exact) mass is 226 g/mol. The van der Waals surface area contributed by atoms with E-state index < -0.39 is 12.2 Å². The van der Waals surface area contributed by atoms with E-state index in [9.17, 15) is 15.0 Å². The van der Waals surface area contributed by atoms with Gasteiger partial charge in [0.15, 0.2) is 0 Å². The Hall–Kier alpha value is -1.60. The van der Waals surface area contributed by atoms with Gasteiger partial charge in [-0.25, -0.2) is 0 Å². The third-order valence-corrected chi connectivity index (χ3v) is 2.76. The zero-order valence-electron chi connectivity index (χ0n) is 8.87. The number of carbonyl (C=O) groups is 1. The molecule has 4 N–H and O–H groups in total. The van der Waals surface area contributed by atoms with Crippen LogP contribution < -0.4 is 5.73 Å². The van der Waals surface area contributed by atoms with Gasteiger partial charge in [-0.3, -0.25) is 9.48 Å². The molecule has 0 aliphatic carbocycles. The molecule has 0 saturated carbocycles. The Kier molecular flexibility index (Phi) is 2.56. The predicted molar refractivity (Wildman–Crippen MR) is 55.5 cm³/mol. The maximum atomic E-state index is 11.9. The van der Waals surface area contributed by atoms with Gasteiger partial charge in [-0.1, -0.05) is 0 Å². The summed E-state index contributed by atoms with van der Waals surface area (Å²) >= 11 is 0. The second-order valence-electron chi connectivity index (χ2n) is 3.91. The summed E-state index contributed by atoms with van der Waals surface area (Å²) in [5.74, 6) is -0.0397. The zero-order valence-corrected chi connectivity index (χ0v) is 8.87. The second kappa shape index (κ2) is 3.76. The molecule has 1 aromatic rings. The summed E-state index contributed by atoms with van der Waals surface area (Å²) in [7, 11) is 1.64. The van der Waals surface area contributed by atoms with Gasteiger partial charge in [-0.2, -0.15) is 5.10 Å². The van der Waals surface area contributed by atoms with Gasteiger partial charge in [0.1, 0.15) is 11.4 Å². The minimum atomic E-state index is -0.887.